The molecule has 0 aliphatic heterocycles. The highest BCUT2D eigenvalue weighted by atomic mass is 32.1. The summed E-state index contributed by atoms with van der Waals surface area (Å²) >= 11 is 1.59. The van der Waals surface area contributed by atoms with E-state index in [4.69, 9.17) is 9.47 Å². The maximum atomic E-state index is 12.1. The smallest absolute Gasteiger partial charge is 0.167 e. The molecule has 0 atom stereocenters. The van der Waals surface area contributed by atoms with Crippen molar-refractivity contribution in [2.24, 2.45) is 0 Å². The molecule has 94 valence electrons. The lowest BCUT2D eigenvalue weighted by atomic mass is 10.0. The first kappa shape index (κ1) is 12.6. The number of carbonyl (C=O) groups excluding carboxylic acids is 1. The van der Waals surface area contributed by atoms with Gasteiger partial charge in [0.05, 0.1) is 14.2 Å². The summed E-state index contributed by atoms with van der Waals surface area (Å²) in [6.07, 6.45) is 0.403. The van der Waals surface area contributed by atoms with Crippen molar-refractivity contribution in [3.63, 3.8) is 0 Å². The Hall–Kier alpha value is -1.81. The SMILES string of the molecule is COc1cc(OC)cc(C(=O)Cc2ccsc2)c1. The molecule has 0 bridgehead atoms. The predicted octanol–water partition coefficient (Wildman–Crippen LogP) is 3.19. The molecular weight excluding hydrogens is 248 g/mol. The number of carbonyl (C=O) groups is 1. The van der Waals surface area contributed by atoms with Crippen molar-refractivity contribution in [3.05, 3.63) is 46.2 Å². The third kappa shape index (κ3) is 2.90. The van der Waals surface area contributed by atoms with E-state index >= 15 is 0 Å². The van der Waals surface area contributed by atoms with Crippen molar-refractivity contribution in [2.45, 2.75) is 6.42 Å². The van der Waals surface area contributed by atoms with Crippen molar-refractivity contribution < 1.29 is 14.3 Å². The van der Waals surface area contributed by atoms with Crippen LogP contribution in [0.3, 0.4) is 0 Å². The van der Waals surface area contributed by atoms with Gasteiger partial charge in [-0.15, -0.1) is 0 Å². The minimum absolute atomic E-state index is 0.0607. The number of rotatable bonds is 5. The summed E-state index contributed by atoms with van der Waals surface area (Å²) in [4.78, 5) is 12.1. The van der Waals surface area contributed by atoms with Gasteiger partial charge in [0.1, 0.15) is 11.5 Å². The number of benzene rings is 1. The Bertz CT molecular complexity index is 510. The monoisotopic (exact) mass is 262 g/mol. The molecule has 0 radical (unpaired) electrons. The molecule has 0 fully saturated rings. The number of thiophene rings is 1. The molecule has 0 unspecified atom stereocenters. The lowest BCUT2D eigenvalue weighted by Crippen LogP contribution is -2.03. The van der Waals surface area contributed by atoms with E-state index in [2.05, 4.69) is 0 Å². The summed E-state index contributed by atoms with van der Waals surface area (Å²) in [7, 11) is 3.14. The zero-order chi connectivity index (χ0) is 13.0. The molecule has 0 saturated carbocycles. The molecule has 4 heteroatoms. The molecule has 1 aromatic heterocycles. The summed E-state index contributed by atoms with van der Waals surface area (Å²) in [6, 6.07) is 7.18. The third-order valence-corrected chi connectivity index (χ3v) is 3.35. The van der Waals surface area contributed by atoms with E-state index in [1.165, 1.54) is 0 Å². The van der Waals surface area contributed by atoms with Crippen LogP contribution in [0.4, 0.5) is 0 Å². The van der Waals surface area contributed by atoms with E-state index in [1.807, 2.05) is 16.8 Å². The quantitative estimate of drug-likeness (QED) is 0.776. The first-order chi connectivity index (χ1) is 8.72. The van der Waals surface area contributed by atoms with Crippen LogP contribution in [0.1, 0.15) is 15.9 Å². The second-order valence-electron chi connectivity index (χ2n) is 3.83. The normalized spacial score (nSPS) is 10.1. The van der Waals surface area contributed by atoms with Crippen LogP contribution in [0.15, 0.2) is 35.0 Å². The van der Waals surface area contributed by atoms with Gasteiger partial charge in [-0.2, -0.15) is 11.3 Å². The Morgan fingerprint density at radius 3 is 2.33 bits per heavy atom. The van der Waals surface area contributed by atoms with E-state index in [-0.39, 0.29) is 5.78 Å². The van der Waals surface area contributed by atoms with Crippen LogP contribution in [0.25, 0.3) is 0 Å². The van der Waals surface area contributed by atoms with Crippen LogP contribution < -0.4 is 9.47 Å². The van der Waals surface area contributed by atoms with Gasteiger partial charge in [-0.1, -0.05) is 0 Å². The number of hydrogen-bond acceptors (Lipinski definition) is 4. The maximum absolute atomic E-state index is 12.1. The van der Waals surface area contributed by atoms with Crippen LogP contribution in [0.2, 0.25) is 0 Å². The second kappa shape index (κ2) is 5.69. The second-order valence-corrected chi connectivity index (χ2v) is 4.61. The van der Waals surface area contributed by atoms with Crippen molar-refractivity contribution in [3.8, 4) is 11.5 Å². The first-order valence-corrected chi connectivity index (χ1v) is 6.44. The number of methoxy groups -OCH3 is 2. The number of ether oxygens (including phenoxy) is 2. The number of ketones is 1. The fourth-order valence-electron chi connectivity index (χ4n) is 1.65. The number of Topliss-reactive ketones (excluding diaryl/α,β-unsaturated/α-hetero) is 1. The molecule has 3 nitrogen and oxygen atoms in total. The maximum Gasteiger partial charge on any atom is 0.167 e. The van der Waals surface area contributed by atoms with Gasteiger partial charge in [0.25, 0.3) is 0 Å². The summed E-state index contributed by atoms with van der Waals surface area (Å²) in [5, 5.41) is 3.95. The molecule has 0 amide bonds. The standard InChI is InChI=1S/C14H14O3S/c1-16-12-6-11(7-13(8-12)17-2)14(15)5-10-3-4-18-9-10/h3-4,6-9H,5H2,1-2H3. The average Bonchev–Trinajstić information content (AvgIpc) is 2.90. The van der Waals surface area contributed by atoms with Crippen molar-refractivity contribution in [1.29, 1.82) is 0 Å². The fourth-order valence-corrected chi connectivity index (χ4v) is 2.32. The third-order valence-electron chi connectivity index (χ3n) is 2.62. The predicted molar refractivity (Wildman–Crippen MR) is 71.9 cm³/mol. The topological polar surface area (TPSA) is 35.5 Å². The molecule has 0 N–H and O–H groups in total. The molecule has 0 spiro atoms. The van der Waals surface area contributed by atoms with E-state index in [0.29, 0.717) is 23.5 Å². The highest BCUT2D eigenvalue weighted by molar-refractivity contribution is 7.08. The largest absolute Gasteiger partial charge is 0.497 e. The molecule has 2 rings (SSSR count). The Kier molecular flexibility index (Phi) is 3.99. The van der Waals surface area contributed by atoms with Crippen LogP contribution in [-0.2, 0) is 6.42 Å². The van der Waals surface area contributed by atoms with Crippen LogP contribution in [0.5, 0.6) is 11.5 Å². The summed E-state index contributed by atoms with van der Waals surface area (Å²) in [5.41, 5.74) is 1.64. The van der Waals surface area contributed by atoms with Gasteiger partial charge in [-0.25, -0.2) is 0 Å². The van der Waals surface area contributed by atoms with Gasteiger partial charge in [-0.05, 0) is 34.5 Å². The zero-order valence-electron chi connectivity index (χ0n) is 10.3. The lowest BCUT2D eigenvalue weighted by Gasteiger charge is -2.07. The van der Waals surface area contributed by atoms with Crippen molar-refractivity contribution >= 4 is 17.1 Å². The molecule has 1 heterocycles. The molecule has 0 saturated heterocycles. The average molecular weight is 262 g/mol. The van der Waals surface area contributed by atoms with Gasteiger partial charge in [0, 0.05) is 18.1 Å². The Morgan fingerprint density at radius 2 is 1.83 bits per heavy atom. The molecule has 2 aromatic rings. The molecule has 18 heavy (non-hydrogen) atoms. The lowest BCUT2D eigenvalue weighted by molar-refractivity contribution is 0.0992. The van der Waals surface area contributed by atoms with Crippen LogP contribution in [-0.4, -0.2) is 20.0 Å². The van der Waals surface area contributed by atoms with Crippen molar-refractivity contribution in [2.75, 3.05) is 14.2 Å². The van der Waals surface area contributed by atoms with E-state index in [1.54, 1.807) is 43.8 Å². The fraction of sp³-hybridized carbons (Fsp3) is 0.214. The van der Waals surface area contributed by atoms with Gasteiger partial charge >= 0.3 is 0 Å². The van der Waals surface area contributed by atoms with Gasteiger partial charge in [0.15, 0.2) is 5.78 Å². The van der Waals surface area contributed by atoms with E-state index < -0.39 is 0 Å². The Labute approximate surface area is 110 Å². The van der Waals surface area contributed by atoms with Crippen molar-refractivity contribution in [1.82, 2.24) is 0 Å². The minimum Gasteiger partial charge on any atom is -0.497 e. The Morgan fingerprint density at radius 1 is 1.17 bits per heavy atom. The number of hydrogen-bond donors (Lipinski definition) is 0. The van der Waals surface area contributed by atoms with E-state index in [9.17, 15) is 4.79 Å². The summed E-state index contributed by atoms with van der Waals surface area (Å²) in [5.74, 6) is 1.32. The molecule has 1 aromatic carbocycles. The first-order valence-electron chi connectivity index (χ1n) is 5.50. The Balaban J connectivity index is 2.23. The molecule has 0 aliphatic carbocycles. The highest BCUT2D eigenvalue weighted by Crippen LogP contribution is 2.23. The minimum atomic E-state index is 0.0607. The zero-order valence-corrected chi connectivity index (χ0v) is 11.1. The molecular formula is C14H14O3S. The summed E-state index contributed by atoms with van der Waals surface area (Å²) in [6.45, 7) is 0. The van der Waals surface area contributed by atoms with E-state index in [0.717, 1.165) is 5.56 Å². The van der Waals surface area contributed by atoms with Gasteiger partial charge in [0.2, 0.25) is 0 Å². The van der Waals surface area contributed by atoms with Crippen LogP contribution >= 0.6 is 11.3 Å². The molecule has 0 aliphatic rings. The van der Waals surface area contributed by atoms with Gasteiger partial charge in [-0.3, -0.25) is 4.79 Å². The van der Waals surface area contributed by atoms with Crippen LogP contribution in [0, 0.1) is 0 Å². The highest BCUT2D eigenvalue weighted by Gasteiger charge is 2.10. The summed E-state index contributed by atoms with van der Waals surface area (Å²) < 4.78 is 10.3. The van der Waals surface area contributed by atoms with Gasteiger partial charge < -0.3 is 9.47 Å².